The Kier molecular flexibility index (Phi) is 4.74. The first kappa shape index (κ1) is 12.8. The summed E-state index contributed by atoms with van der Waals surface area (Å²) in [6.07, 6.45) is 3.23. The van der Waals surface area contributed by atoms with E-state index < -0.39 is 0 Å². The first-order chi connectivity index (χ1) is 8.19. The standard InChI is InChI=1S/C10H14N4O3/c1-17-8-6-12-4-2-7(8)10(15)13-5-3-9(11)14-16/h2,4,6,16H,3,5H2,1H3,(H2,11,14)(H,13,15). The van der Waals surface area contributed by atoms with E-state index in [1.165, 1.54) is 19.5 Å². The summed E-state index contributed by atoms with van der Waals surface area (Å²) in [6.45, 7) is 0.278. The van der Waals surface area contributed by atoms with Crippen molar-refractivity contribution in [3.05, 3.63) is 24.0 Å². The maximum Gasteiger partial charge on any atom is 0.255 e. The van der Waals surface area contributed by atoms with Gasteiger partial charge in [-0.15, -0.1) is 0 Å². The van der Waals surface area contributed by atoms with Gasteiger partial charge in [0.05, 0.1) is 18.9 Å². The summed E-state index contributed by atoms with van der Waals surface area (Å²) in [5, 5.41) is 13.7. The number of amidine groups is 1. The number of hydrogen-bond donors (Lipinski definition) is 3. The minimum atomic E-state index is -0.296. The number of carbonyl (C=O) groups is 1. The summed E-state index contributed by atoms with van der Waals surface area (Å²) in [5.41, 5.74) is 5.66. The lowest BCUT2D eigenvalue weighted by Crippen LogP contribution is -2.28. The molecule has 0 bridgehead atoms. The largest absolute Gasteiger partial charge is 0.494 e. The molecule has 0 atom stereocenters. The SMILES string of the molecule is COc1cnccc1C(=O)NCC/C(N)=N/O. The third-order valence-corrected chi connectivity index (χ3v) is 2.04. The molecule has 0 unspecified atom stereocenters. The molecule has 92 valence electrons. The number of methoxy groups -OCH3 is 1. The van der Waals surface area contributed by atoms with Crippen molar-refractivity contribution >= 4 is 11.7 Å². The fraction of sp³-hybridized carbons (Fsp3) is 0.300. The van der Waals surface area contributed by atoms with Crippen LogP contribution < -0.4 is 15.8 Å². The number of rotatable bonds is 5. The van der Waals surface area contributed by atoms with Crippen LogP contribution in [0.1, 0.15) is 16.8 Å². The number of carbonyl (C=O) groups excluding carboxylic acids is 1. The number of nitrogens with two attached hydrogens (primary N) is 1. The molecule has 0 aliphatic heterocycles. The highest BCUT2D eigenvalue weighted by molar-refractivity contribution is 5.96. The van der Waals surface area contributed by atoms with Crippen molar-refractivity contribution in [1.82, 2.24) is 10.3 Å². The molecule has 7 heteroatoms. The van der Waals surface area contributed by atoms with Crippen LogP contribution in [0.25, 0.3) is 0 Å². The van der Waals surface area contributed by atoms with E-state index in [0.717, 1.165) is 0 Å². The van der Waals surface area contributed by atoms with E-state index in [0.29, 0.717) is 11.3 Å². The number of ether oxygens (including phenoxy) is 1. The predicted molar refractivity (Wildman–Crippen MR) is 61.1 cm³/mol. The molecule has 1 aromatic rings. The quantitative estimate of drug-likeness (QED) is 0.288. The molecule has 1 rings (SSSR count). The van der Waals surface area contributed by atoms with Crippen molar-refractivity contribution in [2.75, 3.05) is 13.7 Å². The Bertz CT molecular complexity index is 420. The second-order valence-corrected chi connectivity index (χ2v) is 3.17. The van der Waals surface area contributed by atoms with E-state index in [1.807, 2.05) is 0 Å². The molecule has 1 amide bonds. The number of oxime groups is 1. The third kappa shape index (κ3) is 3.63. The van der Waals surface area contributed by atoms with Gasteiger partial charge in [0.2, 0.25) is 0 Å². The molecular formula is C10H14N4O3. The van der Waals surface area contributed by atoms with E-state index in [4.69, 9.17) is 15.7 Å². The van der Waals surface area contributed by atoms with Crippen LogP contribution in [0.4, 0.5) is 0 Å². The molecule has 1 aromatic heterocycles. The summed E-state index contributed by atoms with van der Waals surface area (Å²) < 4.78 is 5.00. The summed E-state index contributed by atoms with van der Waals surface area (Å²) in [5.74, 6) is 0.163. The van der Waals surface area contributed by atoms with Crippen LogP contribution in [-0.4, -0.2) is 35.6 Å². The minimum absolute atomic E-state index is 0.0620. The van der Waals surface area contributed by atoms with Gasteiger partial charge < -0.3 is 21.0 Å². The Labute approximate surface area is 98.3 Å². The zero-order valence-corrected chi connectivity index (χ0v) is 9.38. The van der Waals surface area contributed by atoms with Crippen molar-refractivity contribution in [3.8, 4) is 5.75 Å². The van der Waals surface area contributed by atoms with Gasteiger partial charge in [0, 0.05) is 19.2 Å². The summed E-state index contributed by atoms with van der Waals surface area (Å²) in [7, 11) is 1.46. The zero-order chi connectivity index (χ0) is 12.7. The summed E-state index contributed by atoms with van der Waals surface area (Å²) in [4.78, 5) is 15.6. The van der Waals surface area contributed by atoms with Gasteiger partial charge in [0.15, 0.2) is 0 Å². The van der Waals surface area contributed by atoms with Gasteiger partial charge in [-0.2, -0.15) is 0 Å². The van der Waals surface area contributed by atoms with Gasteiger partial charge in [0.25, 0.3) is 5.91 Å². The summed E-state index contributed by atoms with van der Waals surface area (Å²) >= 11 is 0. The first-order valence-corrected chi connectivity index (χ1v) is 4.91. The Hall–Kier alpha value is -2.31. The van der Waals surface area contributed by atoms with Gasteiger partial charge in [-0.25, -0.2) is 0 Å². The van der Waals surface area contributed by atoms with Crippen LogP contribution in [0.2, 0.25) is 0 Å². The number of aromatic nitrogens is 1. The second-order valence-electron chi connectivity index (χ2n) is 3.17. The highest BCUT2D eigenvalue weighted by atomic mass is 16.5. The number of nitrogens with one attached hydrogen (secondary N) is 1. The molecule has 0 aliphatic rings. The highest BCUT2D eigenvalue weighted by Gasteiger charge is 2.11. The van der Waals surface area contributed by atoms with Crippen LogP contribution in [0.5, 0.6) is 5.75 Å². The van der Waals surface area contributed by atoms with E-state index in [-0.39, 0.29) is 24.7 Å². The predicted octanol–water partition coefficient (Wildman–Crippen LogP) is -0.0435. The third-order valence-electron chi connectivity index (χ3n) is 2.04. The first-order valence-electron chi connectivity index (χ1n) is 4.91. The van der Waals surface area contributed by atoms with Crippen molar-refractivity contribution in [1.29, 1.82) is 0 Å². The van der Waals surface area contributed by atoms with Crippen molar-refractivity contribution in [2.45, 2.75) is 6.42 Å². The normalized spacial score (nSPS) is 11.0. The lowest BCUT2D eigenvalue weighted by Gasteiger charge is -2.07. The van der Waals surface area contributed by atoms with Gasteiger partial charge in [-0.3, -0.25) is 9.78 Å². The van der Waals surface area contributed by atoms with Crippen LogP contribution in [0.3, 0.4) is 0 Å². The zero-order valence-electron chi connectivity index (χ0n) is 9.38. The Morgan fingerprint density at radius 2 is 2.47 bits per heavy atom. The number of amides is 1. The molecule has 0 fully saturated rings. The average molecular weight is 238 g/mol. The fourth-order valence-electron chi connectivity index (χ4n) is 1.18. The lowest BCUT2D eigenvalue weighted by atomic mass is 10.2. The number of pyridine rings is 1. The highest BCUT2D eigenvalue weighted by Crippen LogP contribution is 2.14. The maximum atomic E-state index is 11.7. The van der Waals surface area contributed by atoms with Crippen molar-refractivity contribution in [3.63, 3.8) is 0 Å². The molecule has 0 aliphatic carbocycles. The lowest BCUT2D eigenvalue weighted by molar-refractivity contribution is 0.0951. The Morgan fingerprint density at radius 1 is 1.71 bits per heavy atom. The van der Waals surface area contributed by atoms with Crippen molar-refractivity contribution in [2.24, 2.45) is 10.9 Å². The number of hydrogen-bond acceptors (Lipinski definition) is 5. The molecule has 0 spiro atoms. The molecule has 7 nitrogen and oxygen atoms in total. The molecule has 0 saturated heterocycles. The minimum Gasteiger partial charge on any atom is -0.494 e. The van der Waals surface area contributed by atoms with Crippen LogP contribution in [0.15, 0.2) is 23.6 Å². The van der Waals surface area contributed by atoms with Gasteiger partial charge >= 0.3 is 0 Å². The molecule has 0 radical (unpaired) electrons. The Morgan fingerprint density at radius 3 is 3.12 bits per heavy atom. The van der Waals surface area contributed by atoms with Gasteiger partial charge in [0.1, 0.15) is 11.6 Å². The Balaban J connectivity index is 2.58. The molecular weight excluding hydrogens is 224 g/mol. The summed E-state index contributed by atoms with van der Waals surface area (Å²) in [6, 6.07) is 1.55. The molecule has 17 heavy (non-hydrogen) atoms. The molecule has 1 heterocycles. The van der Waals surface area contributed by atoms with E-state index in [1.54, 1.807) is 6.07 Å². The molecule has 0 saturated carbocycles. The van der Waals surface area contributed by atoms with E-state index in [9.17, 15) is 4.79 Å². The van der Waals surface area contributed by atoms with E-state index in [2.05, 4.69) is 15.5 Å². The average Bonchev–Trinajstić information content (AvgIpc) is 2.38. The van der Waals surface area contributed by atoms with Crippen LogP contribution in [0, 0.1) is 0 Å². The van der Waals surface area contributed by atoms with Gasteiger partial charge in [-0.1, -0.05) is 5.16 Å². The number of nitrogens with zero attached hydrogens (tertiary/aromatic N) is 2. The second kappa shape index (κ2) is 6.31. The van der Waals surface area contributed by atoms with Crippen LogP contribution in [-0.2, 0) is 0 Å². The smallest absolute Gasteiger partial charge is 0.255 e. The van der Waals surface area contributed by atoms with Gasteiger partial charge in [-0.05, 0) is 6.07 Å². The molecule has 0 aromatic carbocycles. The van der Waals surface area contributed by atoms with E-state index >= 15 is 0 Å². The van der Waals surface area contributed by atoms with Crippen LogP contribution >= 0.6 is 0 Å². The fourth-order valence-corrected chi connectivity index (χ4v) is 1.18. The van der Waals surface area contributed by atoms with Crippen molar-refractivity contribution < 1.29 is 14.7 Å². The maximum absolute atomic E-state index is 11.7. The monoisotopic (exact) mass is 238 g/mol. The molecule has 4 N–H and O–H groups in total. The topological polar surface area (TPSA) is 110 Å².